The zero-order valence-corrected chi connectivity index (χ0v) is 17.7. The average Bonchev–Trinajstić information content (AvgIpc) is 2.99. The van der Waals surface area contributed by atoms with Crippen molar-refractivity contribution in [3.05, 3.63) is 58.9 Å². The molecule has 1 aliphatic rings. The molecule has 0 amide bonds. The number of fused-ring (bicyclic) bond motifs is 1. The Morgan fingerprint density at radius 3 is 2.31 bits per heavy atom. The van der Waals surface area contributed by atoms with Gasteiger partial charge in [-0.3, -0.25) is 4.90 Å². The second-order valence-corrected chi connectivity index (χ2v) is 9.30. The van der Waals surface area contributed by atoms with Crippen LogP contribution in [0.5, 0.6) is 0 Å². The fraction of sp³-hybridized carbons (Fsp3) is 0.300. The molecule has 0 N–H and O–H groups in total. The summed E-state index contributed by atoms with van der Waals surface area (Å²) in [6, 6.07) is 16.4. The maximum Gasteiger partial charge on any atom is 0.244 e. The van der Waals surface area contributed by atoms with Gasteiger partial charge >= 0.3 is 0 Å². The van der Waals surface area contributed by atoms with Gasteiger partial charge in [0, 0.05) is 33.2 Å². The number of rotatable bonds is 4. The number of nitrogens with zero attached hydrogens (tertiary/aromatic N) is 5. The second kappa shape index (κ2) is 7.72. The van der Waals surface area contributed by atoms with Crippen LogP contribution in [0.3, 0.4) is 0 Å². The first-order valence-electron chi connectivity index (χ1n) is 9.29. The molecule has 0 radical (unpaired) electrons. The number of hydrogen-bond donors (Lipinski definition) is 0. The maximum atomic E-state index is 13.0. The Morgan fingerprint density at radius 1 is 1.00 bits per heavy atom. The van der Waals surface area contributed by atoms with E-state index in [9.17, 15) is 13.7 Å². The van der Waals surface area contributed by atoms with E-state index in [1.807, 2.05) is 41.9 Å². The normalized spacial score (nSPS) is 16.1. The van der Waals surface area contributed by atoms with Crippen molar-refractivity contribution in [2.75, 3.05) is 26.2 Å². The number of sulfonamides is 1. The third-order valence-corrected chi connectivity index (χ3v) is 7.80. The highest BCUT2D eigenvalue weighted by Crippen LogP contribution is 2.22. The molecule has 0 saturated carbocycles. The molecule has 0 aliphatic carbocycles. The van der Waals surface area contributed by atoms with Gasteiger partial charge < -0.3 is 9.13 Å². The van der Waals surface area contributed by atoms with Crippen molar-refractivity contribution < 1.29 is 8.42 Å². The molecule has 2 aromatic carbocycles. The molecule has 1 saturated heterocycles. The predicted octanol–water partition coefficient (Wildman–Crippen LogP) is 2.54. The number of nitriles is 1. The molecule has 0 unspecified atom stereocenters. The molecule has 4 rings (SSSR count). The summed E-state index contributed by atoms with van der Waals surface area (Å²) in [5.41, 5.74) is 2.32. The van der Waals surface area contributed by atoms with E-state index in [-0.39, 0.29) is 10.5 Å². The molecule has 0 spiro atoms. The number of imidazole rings is 1. The second-order valence-electron chi connectivity index (χ2n) is 7.03. The fourth-order valence-corrected chi connectivity index (χ4v) is 5.55. The summed E-state index contributed by atoms with van der Waals surface area (Å²) in [6.07, 6.45) is 0. The van der Waals surface area contributed by atoms with E-state index in [0.29, 0.717) is 32.8 Å². The minimum atomic E-state index is -3.69. The Labute approximate surface area is 175 Å². The molecule has 29 heavy (non-hydrogen) atoms. The third-order valence-electron chi connectivity index (χ3n) is 5.35. The number of hydrogen-bond acceptors (Lipinski definition) is 5. The molecule has 1 aliphatic heterocycles. The van der Waals surface area contributed by atoms with Crippen LogP contribution in [-0.2, 0) is 23.7 Å². The molecular weight excluding hydrogens is 406 g/mol. The minimum absolute atomic E-state index is 0.0761. The lowest BCUT2D eigenvalue weighted by Crippen LogP contribution is -2.48. The molecule has 2 heterocycles. The van der Waals surface area contributed by atoms with Gasteiger partial charge in [-0.2, -0.15) is 9.57 Å². The summed E-state index contributed by atoms with van der Waals surface area (Å²) in [5, 5.41) is 9.25. The standard InChI is InChI=1S/C20H21N5O2S2/c1-22-17-7-3-4-8-18(17)25(20(22)28)15-23-10-12-24(13-11-23)29(26,27)19-9-5-2-6-16(19)14-21/h2-9H,10-13,15H2,1H3. The van der Waals surface area contributed by atoms with Gasteiger partial charge in [0.2, 0.25) is 10.0 Å². The first kappa shape index (κ1) is 19.8. The summed E-state index contributed by atoms with van der Waals surface area (Å²) in [5.74, 6) is 0. The van der Waals surface area contributed by atoms with Crippen molar-refractivity contribution in [1.82, 2.24) is 18.3 Å². The Kier molecular flexibility index (Phi) is 5.27. The molecule has 7 nitrogen and oxygen atoms in total. The van der Waals surface area contributed by atoms with Crippen molar-refractivity contribution in [2.45, 2.75) is 11.6 Å². The van der Waals surface area contributed by atoms with Crippen LogP contribution in [0.15, 0.2) is 53.4 Å². The summed E-state index contributed by atoms with van der Waals surface area (Å²) in [6.45, 7) is 2.56. The molecule has 9 heteroatoms. The summed E-state index contributed by atoms with van der Waals surface area (Å²) >= 11 is 5.60. The topological polar surface area (TPSA) is 74.3 Å². The van der Waals surface area contributed by atoms with Crippen molar-refractivity contribution >= 4 is 33.3 Å². The van der Waals surface area contributed by atoms with Crippen molar-refractivity contribution in [3.8, 4) is 6.07 Å². The lowest BCUT2D eigenvalue weighted by atomic mass is 10.2. The minimum Gasteiger partial charge on any atom is -0.320 e. The van der Waals surface area contributed by atoms with Gasteiger partial charge in [0.25, 0.3) is 0 Å². The van der Waals surface area contributed by atoms with Gasteiger partial charge in [0.1, 0.15) is 6.07 Å². The highest BCUT2D eigenvalue weighted by atomic mass is 32.2. The number of aromatic nitrogens is 2. The molecule has 0 bridgehead atoms. The van der Waals surface area contributed by atoms with E-state index in [2.05, 4.69) is 9.47 Å². The highest BCUT2D eigenvalue weighted by molar-refractivity contribution is 7.89. The Bertz CT molecular complexity index is 1260. The lowest BCUT2D eigenvalue weighted by molar-refractivity contribution is 0.153. The van der Waals surface area contributed by atoms with E-state index in [1.54, 1.807) is 12.1 Å². The molecule has 150 valence electrons. The van der Waals surface area contributed by atoms with E-state index < -0.39 is 10.0 Å². The Hall–Kier alpha value is -2.51. The molecule has 1 fully saturated rings. The van der Waals surface area contributed by atoms with Gasteiger partial charge in [-0.15, -0.1) is 0 Å². The van der Waals surface area contributed by atoms with Crippen LogP contribution >= 0.6 is 12.2 Å². The van der Waals surface area contributed by atoms with Gasteiger partial charge in [0.15, 0.2) is 4.77 Å². The van der Waals surface area contributed by atoms with Gasteiger partial charge in [-0.25, -0.2) is 8.42 Å². The predicted molar refractivity (Wildman–Crippen MR) is 113 cm³/mol. The number of para-hydroxylation sites is 2. The van der Waals surface area contributed by atoms with E-state index in [1.165, 1.54) is 16.4 Å². The first-order valence-corrected chi connectivity index (χ1v) is 11.1. The van der Waals surface area contributed by atoms with Crippen LogP contribution in [0.25, 0.3) is 11.0 Å². The molecule has 3 aromatic rings. The van der Waals surface area contributed by atoms with E-state index in [4.69, 9.17) is 12.2 Å². The summed E-state index contributed by atoms with van der Waals surface area (Å²) < 4.78 is 32.3. The van der Waals surface area contributed by atoms with Crippen LogP contribution in [0.1, 0.15) is 5.56 Å². The van der Waals surface area contributed by atoms with E-state index >= 15 is 0 Å². The van der Waals surface area contributed by atoms with E-state index in [0.717, 1.165) is 15.8 Å². The molecule has 0 atom stereocenters. The van der Waals surface area contributed by atoms with Crippen LogP contribution in [-0.4, -0.2) is 52.9 Å². The smallest absolute Gasteiger partial charge is 0.244 e. The van der Waals surface area contributed by atoms with Crippen LogP contribution < -0.4 is 0 Å². The molecule has 1 aromatic heterocycles. The number of aryl methyl sites for hydroxylation is 1. The van der Waals surface area contributed by atoms with Crippen molar-refractivity contribution in [3.63, 3.8) is 0 Å². The highest BCUT2D eigenvalue weighted by Gasteiger charge is 2.30. The monoisotopic (exact) mass is 427 g/mol. The third kappa shape index (κ3) is 3.49. The number of piperazine rings is 1. The fourth-order valence-electron chi connectivity index (χ4n) is 3.73. The number of benzene rings is 2. The van der Waals surface area contributed by atoms with Crippen molar-refractivity contribution in [2.24, 2.45) is 7.05 Å². The largest absolute Gasteiger partial charge is 0.320 e. The maximum absolute atomic E-state index is 13.0. The summed E-state index contributed by atoms with van der Waals surface area (Å²) in [7, 11) is -1.73. The summed E-state index contributed by atoms with van der Waals surface area (Å²) in [4.78, 5) is 2.27. The Morgan fingerprint density at radius 2 is 1.62 bits per heavy atom. The quantitative estimate of drug-likeness (QED) is 0.598. The SMILES string of the molecule is Cn1c(=S)n(CN2CCN(S(=O)(=O)c3ccccc3C#N)CC2)c2ccccc21. The zero-order chi connectivity index (χ0) is 20.6. The van der Waals surface area contributed by atoms with Gasteiger partial charge in [-0.1, -0.05) is 24.3 Å². The van der Waals surface area contributed by atoms with Gasteiger partial charge in [0.05, 0.1) is 28.2 Å². The zero-order valence-electron chi connectivity index (χ0n) is 16.0. The van der Waals surface area contributed by atoms with Gasteiger partial charge in [-0.05, 0) is 36.5 Å². The average molecular weight is 428 g/mol. The lowest BCUT2D eigenvalue weighted by Gasteiger charge is -2.34. The van der Waals surface area contributed by atoms with Crippen LogP contribution in [0.4, 0.5) is 0 Å². The first-order chi connectivity index (χ1) is 13.9. The molecular formula is C20H21N5O2S2. The van der Waals surface area contributed by atoms with Crippen LogP contribution in [0, 0.1) is 16.1 Å². The Balaban J connectivity index is 1.52. The van der Waals surface area contributed by atoms with Crippen molar-refractivity contribution in [1.29, 1.82) is 5.26 Å². The van der Waals surface area contributed by atoms with Crippen LogP contribution in [0.2, 0.25) is 0 Å².